The lowest BCUT2D eigenvalue weighted by atomic mass is 10.3. The molecule has 0 atom stereocenters. The Balaban J connectivity index is 1.72. The lowest BCUT2D eigenvalue weighted by Gasteiger charge is -2.08. The molecule has 0 saturated heterocycles. The summed E-state index contributed by atoms with van der Waals surface area (Å²) in [4.78, 5) is 15.4. The summed E-state index contributed by atoms with van der Waals surface area (Å²) in [6.07, 6.45) is 5.38. The van der Waals surface area contributed by atoms with Crippen LogP contribution in [0, 0.1) is 0 Å². The highest BCUT2D eigenvalue weighted by Crippen LogP contribution is 2.18. The van der Waals surface area contributed by atoms with Crippen molar-refractivity contribution >= 4 is 11.6 Å². The van der Waals surface area contributed by atoms with Crippen LogP contribution in [0.2, 0.25) is 0 Å². The fourth-order valence-corrected chi connectivity index (χ4v) is 1.71. The molecule has 0 radical (unpaired) electrons. The first-order chi connectivity index (χ1) is 8.79. The summed E-state index contributed by atoms with van der Waals surface area (Å²) >= 11 is 0. The fourth-order valence-electron chi connectivity index (χ4n) is 1.71. The van der Waals surface area contributed by atoms with Crippen LogP contribution in [0.3, 0.4) is 0 Å². The van der Waals surface area contributed by atoms with Gasteiger partial charge in [-0.15, -0.1) is 0 Å². The Bertz CT molecular complexity index is 404. The average Bonchev–Trinajstić information content (AvgIpc) is 3.22. The van der Waals surface area contributed by atoms with Gasteiger partial charge < -0.3 is 16.0 Å². The van der Waals surface area contributed by atoms with Crippen LogP contribution in [-0.4, -0.2) is 37.1 Å². The van der Waals surface area contributed by atoms with Crippen molar-refractivity contribution in [1.82, 2.24) is 15.6 Å². The maximum absolute atomic E-state index is 11.4. The van der Waals surface area contributed by atoms with Crippen LogP contribution in [0.1, 0.15) is 29.8 Å². The minimum absolute atomic E-state index is 0.158. The number of anilines is 1. The number of hydrogen-bond acceptors (Lipinski definition) is 4. The molecule has 0 unspecified atom stereocenters. The van der Waals surface area contributed by atoms with Crippen LogP contribution in [0.5, 0.6) is 0 Å². The van der Waals surface area contributed by atoms with Crippen LogP contribution >= 0.6 is 0 Å². The molecule has 1 aliphatic carbocycles. The molecule has 5 heteroatoms. The summed E-state index contributed by atoms with van der Waals surface area (Å²) in [5, 5.41) is 9.33. The first-order valence-corrected chi connectivity index (χ1v) is 6.45. The highest BCUT2D eigenvalue weighted by atomic mass is 16.1. The molecule has 2 rings (SSSR count). The topological polar surface area (TPSA) is 66.1 Å². The van der Waals surface area contributed by atoms with Crippen molar-refractivity contribution in [3.05, 3.63) is 24.0 Å². The fraction of sp³-hybridized carbons (Fsp3) is 0.538. The highest BCUT2D eigenvalue weighted by molar-refractivity contribution is 5.92. The van der Waals surface area contributed by atoms with Gasteiger partial charge in [-0.1, -0.05) is 0 Å². The molecule has 1 aromatic heterocycles. The molecule has 0 aromatic carbocycles. The molecule has 0 aliphatic heterocycles. The van der Waals surface area contributed by atoms with Crippen LogP contribution in [0.15, 0.2) is 18.3 Å². The standard InChI is InChI=1S/C13H20N4O/c1-14-13(18)12-9-11(5-8-17-12)16-7-2-6-15-10-3-4-10/h5,8-10,15H,2-4,6-7H2,1H3,(H,14,18)(H,16,17). The second kappa shape index (κ2) is 6.35. The summed E-state index contributed by atoms with van der Waals surface area (Å²) in [5.74, 6) is -0.158. The minimum atomic E-state index is -0.158. The Morgan fingerprint density at radius 1 is 1.44 bits per heavy atom. The molecule has 1 aromatic rings. The van der Waals surface area contributed by atoms with Crippen LogP contribution in [0.4, 0.5) is 5.69 Å². The lowest BCUT2D eigenvalue weighted by molar-refractivity contribution is 0.0958. The predicted octanol–water partition coefficient (Wildman–Crippen LogP) is 0.995. The quantitative estimate of drug-likeness (QED) is 0.630. The van der Waals surface area contributed by atoms with E-state index in [0.29, 0.717) is 5.69 Å². The number of pyridine rings is 1. The molecule has 0 bridgehead atoms. The van der Waals surface area contributed by atoms with E-state index in [9.17, 15) is 4.79 Å². The van der Waals surface area contributed by atoms with Gasteiger partial charge >= 0.3 is 0 Å². The zero-order valence-electron chi connectivity index (χ0n) is 10.7. The molecule has 1 fully saturated rings. The van der Waals surface area contributed by atoms with Crippen molar-refractivity contribution in [3.63, 3.8) is 0 Å². The monoisotopic (exact) mass is 248 g/mol. The van der Waals surface area contributed by atoms with Gasteiger partial charge in [0.15, 0.2) is 0 Å². The molecule has 0 spiro atoms. The zero-order chi connectivity index (χ0) is 12.8. The van der Waals surface area contributed by atoms with E-state index in [2.05, 4.69) is 20.9 Å². The number of hydrogen-bond donors (Lipinski definition) is 3. The van der Waals surface area contributed by atoms with Crippen molar-refractivity contribution in [1.29, 1.82) is 0 Å². The van der Waals surface area contributed by atoms with E-state index in [1.807, 2.05) is 6.07 Å². The minimum Gasteiger partial charge on any atom is -0.385 e. The smallest absolute Gasteiger partial charge is 0.269 e. The number of nitrogens with zero attached hydrogens (tertiary/aromatic N) is 1. The van der Waals surface area contributed by atoms with Crippen LogP contribution in [-0.2, 0) is 0 Å². The van der Waals surface area contributed by atoms with Gasteiger partial charge in [0.1, 0.15) is 5.69 Å². The molecule has 98 valence electrons. The van der Waals surface area contributed by atoms with Crippen molar-refractivity contribution in [3.8, 4) is 0 Å². The summed E-state index contributed by atoms with van der Waals surface area (Å²) in [6.45, 7) is 1.95. The Hall–Kier alpha value is -1.62. The second-order valence-corrected chi connectivity index (χ2v) is 4.52. The maximum Gasteiger partial charge on any atom is 0.269 e. The van der Waals surface area contributed by atoms with E-state index in [1.165, 1.54) is 12.8 Å². The molecule has 1 aliphatic rings. The SMILES string of the molecule is CNC(=O)c1cc(NCCCNC2CC2)ccn1. The summed E-state index contributed by atoms with van der Waals surface area (Å²) in [7, 11) is 1.60. The number of carbonyl (C=O) groups excluding carboxylic acids is 1. The third-order valence-corrected chi connectivity index (χ3v) is 2.91. The van der Waals surface area contributed by atoms with E-state index in [4.69, 9.17) is 0 Å². The molecular weight excluding hydrogens is 228 g/mol. The lowest BCUT2D eigenvalue weighted by Crippen LogP contribution is -2.20. The molecule has 18 heavy (non-hydrogen) atoms. The van der Waals surface area contributed by atoms with Crippen molar-refractivity contribution in [2.45, 2.75) is 25.3 Å². The molecule has 1 amide bonds. The van der Waals surface area contributed by atoms with E-state index in [0.717, 1.165) is 31.2 Å². The van der Waals surface area contributed by atoms with Gasteiger partial charge in [-0.25, -0.2) is 0 Å². The largest absolute Gasteiger partial charge is 0.385 e. The third-order valence-electron chi connectivity index (χ3n) is 2.91. The Morgan fingerprint density at radius 2 is 2.28 bits per heavy atom. The molecule has 3 N–H and O–H groups in total. The second-order valence-electron chi connectivity index (χ2n) is 4.52. The Kier molecular flexibility index (Phi) is 4.52. The summed E-state index contributed by atoms with van der Waals surface area (Å²) < 4.78 is 0. The number of carbonyl (C=O) groups is 1. The van der Waals surface area contributed by atoms with Gasteiger partial charge in [0.25, 0.3) is 5.91 Å². The van der Waals surface area contributed by atoms with Gasteiger partial charge in [0.2, 0.25) is 0 Å². The third kappa shape index (κ3) is 4.00. The summed E-state index contributed by atoms with van der Waals surface area (Å²) in [6, 6.07) is 4.42. The summed E-state index contributed by atoms with van der Waals surface area (Å²) in [5.41, 5.74) is 1.38. The number of rotatable bonds is 7. The molecule has 1 heterocycles. The number of amides is 1. The van der Waals surface area contributed by atoms with E-state index in [-0.39, 0.29) is 5.91 Å². The van der Waals surface area contributed by atoms with Crippen LogP contribution < -0.4 is 16.0 Å². The maximum atomic E-state index is 11.4. The van der Waals surface area contributed by atoms with Gasteiger partial charge in [-0.3, -0.25) is 9.78 Å². The van der Waals surface area contributed by atoms with Crippen molar-refractivity contribution in [2.75, 3.05) is 25.5 Å². The van der Waals surface area contributed by atoms with Crippen LogP contribution in [0.25, 0.3) is 0 Å². The first-order valence-electron chi connectivity index (χ1n) is 6.45. The predicted molar refractivity (Wildman–Crippen MR) is 71.8 cm³/mol. The van der Waals surface area contributed by atoms with Gasteiger partial charge in [0, 0.05) is 31.5 Å². The van der Waals surface area contributed by atoms with Gasteiger partial charge in [0.05, 0.1) is 0 Å². The van der Waals surface area contributed by atoms with E-state index >= 15 is 0 Å². The average molecular weight is 248 g/mol. The Morgan fingerprint density at radius 3 is 3.00 bits per heavy atom. The molecule has 1 saturated carbocycles. The van der Waals surface area contributed by atoms with E-state index in [1.54, 1.807) is 19.3 Å². The van der Waals surface area contributed by atoms with Crippen molar-refractivity contribution < 1.29 is 4.79 Å². The molecule has 5 nitrogen and oxygen atoms in total. The first kappa shape index (κ1) is 12.8. The van der Waals surface area contributed by atoms with Gasteiger partial charge in [-0.05, 0) is 37.9 Å². The highest BCUT2D eigenvalue weighted by Gasteiger charge is 2.19. The normalized spacial score (nSPS) is 14.3. The zero-order valence-corrected chi connectivity index (χ0v) is 10.7. The van der Waals surface area contributed by atoms with Gasteiger partial charge in [-0.2, -0.15) is 0 Å². The molecular formula is C13H20N4O. The number of aromatic nitrogens is 1. The number of nitrogens with one attached hydrogen (secondary N) is 3. The van der Waals surface area contributed by atoms with Crippen molar-refractivity contribution in [2.24, 2.45) is 0 Å². The van der Waals surface area contributed by atoms with E-state index < -0.39 is 0 Å². The Labute approximate surface area is 107 Å².